The standard InChI is InChI=1S/C12H10N6O2S/c1-7-5-14-8(6-13-7)10-16-17-12(21-10)18(2)11(19)9-3-4-15-20-9/h3-6H,1-2H3. The van der Waals surface area contributed by atoms with Gasteiger partial charge in [-0.05, 0) is 6.92 Å². The summed E-state index contributed by atoms with van der Waals surface area (Å²) in [7, 11) is 1.59. The van der Waals surface area contributed by atoms with Crippen LogP contribution in [-0.4, -0.2) is 38.3 Å². The highest BCUT2D eigenvalue weighted by molar-refractivity contribution is 7.18. The summed E-state index contributed by atoms with van der Waals surface area (Å²) in [6.45, 7) is 1.85. The number of anilines is 1. The maximum absolute atomic E-state index is 12.1. The predicted octanol–water partition coefficient (Wildman–Crippen LogP) is 1.57. The first-order valence-corrected chi connectivity index (χ1v) is 6.78. The van der Waals surface area contributed by atoms with E-state index in [1.807, 2.05) is 6.92 Å². The SMILES string of the molecule is Cc1cnc(-c2nnc(N(C)C(=O)c3ccno3)s2)cn1. The first-order valence-electron chi connectivity index (χ1n) is 5.96. The van der Waals surface area contributed by atoms with E-state index in [0.29, 0.717) is 15.8 Å². The zero-order valence-electron chi connectivity index (χ0n) is 11.2. The van der Waals surface area contributed by atoms with Gasteiger partial charge in [-0.1, -0.05) is 16.5 Å². The third-order valence-corrected chi connectivity index (χ3v) is 3.68. The topological polar surface area (TPSA) is 97.9 Å². The van der Waals surface area contributed by atoms with Crippen molar-refractivity contribution in [3.63, 3.8) is 0 Å². The number of rotatable bonds is 3. The van der Waals surface area contributed by atoms with Gasteiger partial charge in [-0.2, -0.15) is 0 Å². The predicted molar refractivity (Wildman–Crippen MR) is 74.9 cm³/mol. The maximum atomic E-state index is 12.1. The number of hydrogen-bond donors (Lipinski definition) is 0. The number of carbonyl (C=O) groups excluding carboxylic acids is 1. The zero-order chi connectivity index (χ0) is 14.8. The molecule has 3 aromatic heterocycles. The van der Waals surface area contributed by atoms with Gasteiger partial charge in [0.1, 0.15) is 5.69 Å². The lowest BCUT2D eigenvalue weighted by Crippen LogP contribution is -2.25. The minimum atomic E-state index is -0.342. The summed E-state index contributed by atoms with van der Waals surface area (Å²) in [4.78, 5) is 21.8. The quantitative estimate of drug-likeness (QED) is 0.724. The number of amides is 1. The minimum absolute atomic E-state index is 0.143. The molecular weight excluding hydrogens is 292 g/mol. The van der Waals surface area contributed by atoms with Crippen molar-refractivity contribution in [1.29, 1.82) is 0 Å². The van der Waals surface area contributed by atoms with E-state index in [4.69, 9.17) is 4.52 Å². The summed E-state index contributed by atoms with van der Waals surface area (Å²) in [5, 5.41) is 12.6. The van der Waals surface area contributed by atoms with Gasteiger partial charge in [0.25, 0.3) is 5.91 Å². The smallest absolute Gasteiger partial charge is 0.298 e. The fourth-order valence-corrected chi connectivity index (χ4v) is 2.30. The van der Waals surface area contributed by atoms with Crippen molar-refractivity contribution in [2.45, 2.75) is 6.92 Å². The molecule has 3 heterocycles. The van der Waals surface area contributed by atoms with E-state index in [2.05, 4.69) is 25.3 Å². The summed E-state index contributed by atoms with van der Waals surface area (Å²) >= 11 is 1.24. The molecule has 0 aliphatic heterocycles. The number of carbonyl (C=O) groups is 1. The largest absolute Gasteiger partial charge is 0.351 e. The normalized spacial score (nSPS) is 10.6. The van der Waals surface area contributed by atoms with Crippen LogP contribution in [0.2, 0.25) is 0 Å². The van der Waals surface area contributed by atoms with E-state index in [-0.39, 0.29) is 11.7 Å². The average molecular weight is 302 g/mol. The van der Waals surface area contributed by atoms with Crippen molar-refractivity contribution in [3.05, 3.63) is 36.1 Å². The Balaban J connectivity index is 1.84. The Morgan fingerprint density at radius 3 is 2.81 bits per heavy atom. The van der Waals surface area contributed by atoms with E-state index in [1.165, 1.54) is 28.5 Å². The Labute approximate surface area is 123 Å². The van der Waals surface area contributed by atoms with Gasteiger partial charge in [-0.3, -0.25) is 19.7 Å². The van der Waals surface area contributed by atoms with Gasteiger partial charge in [-0.15, -0.1) is 10.2 Å². The van der Waals surface area contributed by atoms with Crippen molar-refractivity contribution < 1.29 is 9.32 Å². The lowest BCUT2D eigenvalue weighted by Gasteiger charge is -2.09. The van der Waals surface area contributed by atoms with Crippen LogP contribution in [0.1, 0.15) is 16.2 Å². The Hall–Kier alpha value is -2.68. The number of aryl methyl sites for hydroxylation is 1. The first-order chi connectivity index (χ1) is 10.1. The van der Waals surface area contributed by atoms with Gasteiger partial charge in [-0.25, -0.2) is 0 Å². The second-order valence-electron chi connectivity index (χ2n) is 4.17. The van der Waals surface area contributed by atoms with Crippen molar-refractivity contribution in [2.24, 2.45) is 0 Å². The molecule has 106 valence electrons. The zero-order valence-corrected chi connectivity index (χ0v) is 12.0. The molecule has 0 aromatic carbocycles. The first kappa shape index (κ1) is 13.3. The van der Waals surface area contributed by atoms with E-state index in [9.17, 15) is 4.79 Å². The van der Waals surface area contributed by atoms with Crippen molar-refractivity contribution in [3.8, 4) is 10.7 Å². The van der Waals surface area contributed by atoms with Crippen LogP contribution in [0.5, 0.6) is 0 Å². The molecule has 1 amide bonds. The van der Waals surface area contributed by atoms with Gasteiger partial charge in [0.05, 0.1) is 18.1 Å². The molecule has 0 spiro atoms. The highest BCUT2D eigenvalue weighted by Crippen LogP contribution is 2.27. The molecule has 0 saturated carbocycles. The molecule has 8 nitrogen and oxygen atoms in total. The van der Waals surface area contributed by atoms with Crippen LogP contribution in [-0.2, 0) is 0 Å². The highest BCUT2D eigenvalue weighted by Gasteiger charge is 2.21. The fraction of sp³-hybridized carbons (Fsp3) is 0.167. The Morgan fingerprint density at radius 1 is 1.29 bits per heavy atom. The van der Waals surface area contributed by atoms with Crippen molar-refractivity contribution in [2.75, 3.05) is 11.9 Å². The lowest BCUT2D eigenvalue weighted by atomic mass is 10.4. The van der Waals surface area contributed by atoms with Crippen LogP contribution in [0.25, 0.3) is 10.7 Å². The van der Waals surface area contributed by atoms with Crippen LogP contribution < -0.4 is 4.90 Å². The highest BCUT2D eigenvalue weighted by atomic mass is 32.1. The molecule has 0 fully saturated rings. The second-order valence-corrected chi connectivity index (χ2v) is 5.13. The van der Waals surface area contributed by atoms with Crippen LogP contribution in [0.15, 0.2) is 29.2 Å². The maximum Gasteiger partial charge on any atom is 0.298 e. The van der Waals surface area contributed by atoms with E-state index >= 15 is 0 Å². The summed E-state index contributed by atoms with van der Waals surface area (Å²) in [6, 6.07) is 1.49. The Bertz CT molecular complexity index is 752. The third-order valence-electron chi connectivity index (χ3n) is 2.65. The summed E-state index contributed by atoms with van der Waals surface area (Å²) in [6.07, 6.45) is 4.69. The van der Waals surface area contributed by atoms with Gasteiger partial charge >= 0.3 is 0 Å². The molecule has 3 aromatic rings. The molecule has 0 unspecified atom stereocenters. The Morgan fingerprint density at radius 2 is 2.14 bits per heavy atom. The summed E-state index contributed by atoms with van der Waals surface area (Å²) < 4.78 is 4.84. The second kappa shape index (κ2) is 5.37. The van der Waals surface area contributed by atoms with Crippen molar-refractivity contribution in [1.82, 2.24) is 25.3 Å². The molecule has 0 saturated heterocycles. The third kappa shape index (κ3) is 2.63. The monoisotopic (exact) mass is 302 g/mol. The van der Waals surface area contributed by atoms with E-state index in [0.717, 1.165) is 5.69 Å². The Kier molecular flexibility index (Phi) is 3.40. The van der Waals surface area contributed by atoms with Crippen LogP contribution in [0.4, 0.5) is 5.13 Å². The lowest BCUT2D eigenvalue weighted by molar-refractivity contribution is 0.0957. The molecule has 0 radical (unpaired) electrons. The van der Waals surface area contributed by atoms with E-state index < -0.39 is 0 Å². The number of aromatic nitrogens is 5. The molecule has 0 aliphatic carbocycles. The molecule has 21 heavy (non-hydrogen) atoms. The molecule has 0 aliphatic rings. The van der Waals surface area contributed by atoms with Crippen LogP contribution in [0, 0.1) is 6.92 Å². The summed E-state index contributed by atoms with van der Waals surface area (Å²) in [5.74, 6) is -0.199. The van der Waals surface area contributed by atoms with Gasteiger partial charge in [0.15, 0.2) is 5.01 Å². The molecule has 9 heteroatoms. The number of nitrogens with zero attached hydrogens (tertiary/aromatic N) is 6. The van der Waals surface area contributed by atoms with Crippen LogP contribution >= 0.6 is 11.3 Å². The molecule has 0 N–H and O–H groups in total. The fourth-order valence-electron chi connectivity index (χ4n) is 1.54. The van der Waals surface area contributed by atoms with Crippen LogP contribution in [0.3, 0.4) is 0 Å². The van der Waals surface area contributed by atoms with Crippen molar-refractivity contribution >= 4 is 22.4 Å². The average Bonchev–Trinajstić information content (AvgIpc) is 3.18. The van der Waals surface area contributed by atoms with E-state index in [1.54, 1.807) is 19.4 Å². The van der Waals surface area contributed by atoms with Gasteiger partial charge in [0, 0.05) is 19.3 Å². The molecule has 0 atom stereocenters. The van der Waals surface area contributed by atoms with Gasteiger partial charge in [0.2, 0.25) is 10.9 Å². The molecular formula is C12H10N6O2S. The molecule has 3 rings (SSSR count). The van der Waals surface area contributed by atoms with Gasteiger partial charge < -0.3 is 4.52 Å². The summed E-state index contributed by atoms with van der Waals surface area (Å²) in [5.41, 5.74) is 1.44. The number of hydrogen-bond acceptors (Lipinski definition) is 8. The minimum Gasteiger partial charge on any atom is -0.351 e. The molecule has 0 bridgehead atoms.